The van der Waals surface area contributed by atoms with Crippen molar-refractivity contribution in [2.75, 3.05) is 20.8 Å². The standard InChI is InChI=1S/C12H22O3/c1-4-11(8-6-10-13)7-5-9-12(14-2)15-3/h1,11-13H,5-10H2,2-3H3. The Hall–Kier alpha value is -0.560. The van der Waals surface area contributed by atoms with Gasteiger partial charge in [0.05, 0.1) is 0 Å². The topological polar surface area (TPSA) is 38.7 Å². The zero-order valence-corrected chi connectivity index (χ0v) is 9.74. The summed E-state index contributed by atoms with van der Waals surface area (Å²) in [6.07, 6.45) is 9.79. The Morgan fingerprint density at radius 2 is 1.73 bits per heavy atom. The van der Waals surface area contributed by atoms with Crippen LogP contribution in [0.25, 0.3) is 0 Å². The highest BCUT2D eigenvalue weighted by Crippen LogP contribution is 2.15. The van der Waals surface area contributed by atoms with E-state index in [0.717, 1.165) is 32.1 Å². The van der Waals surface area contributed by atoms with Crippen molar-refractivity contribution < 1.29 is 14.6 Å². The number of hydrogen-bond acceptors (Lipinski definition) is 3. The predicted octanol–water partition coefficient (Wildman–Crippen LogP) is 1.80. The van der Waals surface area contributed by atoms with Crippen LogP contribution in [-0.4, -0.2) is 32.2 Å². The molecule has 0 aliphatic heterocycles. The summed E-state index contributed by atoms with van der Waals surface area (Å²) in [5, 5.41) is 8.69. The molecule has 1 N–H and O–H groups in total. The fraction of sp³-hybridized carbons (Fsp3) is 0.833. The van der Waals surface area contributed by atoms with Gasteiger partial charge in [0, 0.05) is 26.7 Å². The van der Waals surface area contributed by atoms with Crippen molar-refractivity contribution >= 4 is 0 Å². The molecule has 0 aromatic rings. The van der Waals surface area contributed by atoms with E-state index in [0.29, 0.717) is 0 Å². The molecule has 0 saturated heterocycles. The van der Waals surface area contributed by atoms with E-state index in [2.05, 4.69) is 5.92 Å². The Balaban J connectivity index is 3.58. The maximum atomic E-state index is 8.69. The molecule has 0 saturated carbocycles. The minimum atomic E-state index is -0.124. The van der Waals surface area contributed by atoms with Crippen molar-refractivity contribution in [1.29, 1.82) is 0 Å². The molecule has 0 amide bonds. The van der Waals surface area contributed by atoms with E-state index in [1.54, 1.807) is 14.2 Å². The molecule has 1 atom stereocenters. The molecule has 0 spiro atoms. The zero-order chi connectivity index (χ0) is 11.5. The number of ether oxygens (including phenoxy) is 2. The molecule has 0 aromatic carbocycles. The van der Waals surface area contributed by atoms with Crippen molar-refractivity contribution in [2.45, 2.75) is 38.4 Å². The minimum absolute atomic E-state index is 0.124. The molecule has 3 nitrogen and oxygen atoms in total. The first-order valence-corrected chi connectivity index (χ1v) is 5.41. The highest BCUT2D eigenvalue weighted by Gasteiger charge is 2.08. The lowest BCUT2D eigenvalue weighted by molar-refractivity contribution is -0.107. The van der Waals surface area contributed by atoms with Crippen LogP contribution in [0.3, 0.4) is 0 Å². The number of aliphatic hydroxyl groups excluding tert-OH is 1. The molecular weight excluding hydrogens is 192 g/mol. The van der Waals surface area contributed by atoms with Crippen LogP contribution in [0.5, 0.6) is 0 Å². The van der Waals surface area contributed by atoms with Crippen LogP contribution in [0.2, 0.25) is 0 Å². The van der Waals surface area contributed by atoms with Gasteiger partial charge in [-0.2, -0.15) is 0 Å². The molecule has 0 bridgehead atoms. The maximum Gasteiger partial charge on any atom is 0.156 e. The molecule has 0 aliphatic rings. The highest BCUT2D eigenvalue weighted by molar-refractivity contribution is 4.92. The molecule has 0 radical (unpaired) electrons. The first-order chi connectivity index (χ1) is 7.28. The fourth-order valence-corrected chi connectivity index (χ4v) is 1.51. The summed E-state index contributed by atoms with van der Waals surface area (Å²) in [5.74, 6) is 3.02. The van der Waals surface area contributed by atoms with E-state index in [1.807, 2.05) is 0 Å². The van der Waals surface area contributed by atoms with Gasteiger partial charge in [-0.15, -0.1) is 12.3 Å². The third-order valence-electron chi connectivity index (χ3n) is 2.46. The number of aliphatic hydroxyl groups is 1. The van der Waals surface area contributed by atoms with Crippen molar-refractivity contribution in [2.24, 2.45) is 5.92 Å². The average Bonchev–Trinajstić information content (AvgIpc) is 2.28. The quantitative estimate of drug-likeness (QED) is 0.470. The second-order valence-corrected chi connectivity index (χ2v) is 3.56. The molecule has 0 aromatic heterocycles. The van der Waals surface area contributed by atoms with Gasteiger partial charge >= 0.3 is 0 Å². The zero-order valence-electron chi connectivity index (χ0n) is 9.74. The summed E-state index contributed by atoms with van der Waals surface area (Å²) < 4.78 is 10.2. The van der Waals surface area contributed by atoms with E-state index in [1.165, 1.54) is 0 Å². The summed E-state index contributed by atoms with van der Waals surface area (Å²) in [5.41, 5.74) is 0. The lowest BCUT2D eigenvalue weighted by Gasteiger charge is -2.14. The highest BCUT2D eigenvalue weighted by atomic mass is 16.7. The van der Waals surface area contributed by atoms with Crippen LogP contribution < -0.4 is 0 Å². The first-order valence-electron chi connectivity index (χ1n) is 5.41. The van der Waals surface area contributed by atoms with E-state index in [-0.39, 0.29) is 18.8 Å². The van der Waals surface area contributed by atoms with Gasteiger partial charge in [-0.25, -0.2) is 0 Å². The van der Waals surface area contributed by atoms with Gasteiger partial charge < -0.3 is 14.6 Å². The summed E-state index contributed by atoms with van der Waals surface area (Å²) in [4.78, 5) is 0. The van der Waals surface area contributed by atoms with Gasteiger partial charge in [-0.05, 0) is 32.1 Å². The molecule has 0 heterocycles. The molecular formula is C12H22O3. The first kappa shape index (κ1) is 14.4. The Bertz CT molecular complexity index is 170. The Kier molecular flexibility index (Phi) is 9.60. The smallest absolute Gasteiger partial charge is 0.156 e. The van der Waals surface area contributed by atoms with E-state index < -0.39 is 0 Å². The fourth-order valence-electron chi connectivity index (χ4n) is 1.51. The second-order valence-electron chi connectivity index (χ2n) is 3.56. The second kappa shape index (κ2) is 9.97. The Labute approximate surface area is 92.8 Å². The van der Waals surface area contributed by atoms with Crippen LogP contribution in [0.4, 0.5) is 0 Å². The monoisotopic (exact) mass is 214 g/mol. The van der Waals surface area contributed by atoms with Crippen LogP contribution in [0.15, 0.2) is 0 Å². The van der Waals surface area contributed by atoms with Crippen molar-refractivity contribution in [3.05, 3.63) is 0 Å². The lowest BCUT2D eigenvalue weighted by Crippen LogP contribution is -2.13. The summed E-state index contributed by atoms with van der Waals surface area (Å²) in [6.45, 7) is 0.219. The van der Waals surface area contributed by atoms with Crippen LogP contribution in [0.1, 0.15) is 32.1 Å². The predicted molar refractivity (Wildman–Crippen MR) is 60.3 cm³/mol. The van der Waals surface area contributed by atoms with Gasteiger partial charge in [0.1, 0.15) is 0 Å². The van der Waals surface area contributed by atoms with E-state index >= 15 is 0 Å². The Morgan fingerprint density at radius 1 is 1.13 bits per heavy atom. The molecule has 3 heteroatoms. The van der Waals surface area contributed by atoms with Crippen LogP contribution in [-0.2, 0) is 9.47 Å². The van der Waals surface area contributed by atoms with Gasteiger partial charge in [-0.3, -0.25) is 0 Å². The molecule has 0 fully saturated rings. The summed E-state index contributed by atoms with van der Waals surface area (Å²) in [6, 6.07) is 0. The summed E-state index contributed by atoms with van der Waals surface area (Å²) >= 11 is 0. The average molecular weight is 214 g/mol. The van der Waals surface area contributed by atoms with E-state index in [9.17, 15) is 0 Å². The largest absolute Gasteiger partial charge is 0.396 e. The number of methoxy groups -OCH3 is 2. The number of terminal acetylenes is 1. The third-order valence-corrected chi connectivity index (χ3v) is 2.46. The van der Waals surface area contributed by atoms with Gasteiger partial charge in [0.15, 0.2) is 6.29 Å². The lowest BCUT2D eigenvalue weighted by atomic mass is 9.98. The maximum absolute atomic E-state index is 8.69. The van der Waals surface area contributed by atoms with E-state index in [4.69, 9.17) is 21.0 Å². The molecule has 0 rings (SSSR count). The normalized spacial score (nSPS) is 12.7. The molecule has 1 unspecified atom stereocenters. The van der Waals surface area contributed by atoms with Gasteiger partial charge in [0.2, 0.25) is 0 Å². The van der Waals surface area contributed by atoms with Crippen molar-refractivity contribution in [3.8, 4) is 12.3 Å². The molecule has 0 aliphatic carbocycles. The van der Waals surface area contributed by atoms with Crippen molar-refractivity contribution in [1.82, 2.24) is 0 Å². The Morgan fingerprint density at radius 3 is 2.20 bits per heavy atom. The van der Waals surface area contributed by atoms with Crippen LogP contribution >= 0.6 is 0 Å². The van der Waals surface area contributed by atoms with Gasteiger partial charge in [-0.1, -0.05) is 0 Å². The van der Waals surface area contributed by atoms with Crippen LogP contribution in [0, 0.1) is 18.3 Å². The third kappa shape index (κ3) is 7.38. The summed E-state index contributed by atoms with van der Waals surface area (Å²) in [7, 11) is 3.27. The SMILES string of the molecule is C#CC(CCCO)CCCC(OC)OC. The van der Waals surface area contributed by atoms with Crippen molar-refractivity contribution in [3.63, 3.8) is 0 Å². The number of hydrogen-bond donors (Lipinski definition) is 1. The molecule has 15 heavy (non-hydrogen) atoms. The molecule has 88 valence electrons. The number of rotatable bonds is 9. The van der Waals surface area contributed by atoms with Gasteiger partial charge in [0.25, 0.3) is 0 Å². The minimum Gasteiger partial charge on any atom is -0.396 e.